The van der Waals surface area contributed by atoms with Crippen LogP contribution in [0, 0.1) is 11.3 Å². The van der Waals surface area contributed by atoms with Gasteiger partial charge in [-0.1, -0.05) is 12.8 Å². The molecule has 0 aromatic carbocycles. The zero-order chi connectivity index (χ0) is 13.9. The standard InChI is InChI=1S/C14H24N2O3/c1-16(9-11-4-2-5-11)13(19)15-10-14(6-3-7-14)8-12(17)18/h11H,2-10H2,1H3,(H,15,19)(H,17,18). The maximum absolute atomic E-state index is 12.0. The molecule has 108 valence electrons. The van der Waals surface area contributed by atoms with Gasteiger partial charge in [0.05, 0.1) is 6.42 Å². The Morgan fingerprint density at radius 3 is 2.42 bits per heavy atom. The van der Waals surface area contributed by atoms with Crippen LogP contribution in [0.5, 0.6) is 0 Å². The van der Waals surface area contributed by atoms with Crippen molar-refractivity contribution in [3.63, 3.8) is 0 Å². The first kappa shape index (κ1) is 14.2. The molecule has 2 saturated carbocycles. The third kappa shape index (κ3) is 3.61. The molecule has 2 fully saturated rings. The van der Waals surface area contributed by atoms with Gasteiger partial charge in [-0.05, 0) is 37.0 Å². The van der Waals surface area contributed by atoms with Gasteiger partial charge in [-0.2, -0.15) is 0 Å². The number of carboxylic acids is 1. The lowest BCUT2D eigenvalue weighted by Gasteiger charge is -2.41. The molecule has 0 aromatic rings. The van der Waals surface area contributed by atoms with E-state index in [2.05, 4.69) is 5.32 Å². The fourth-order valence-corrected chi connectivity index (χ4v) is 2.96. The number of rotatable bonds is 6. The number of aliphatic carboxylic acids is 1. The molecule has 0 radical (unpaired) electrons. The molecular formula is C14H24N2O3. The molecule has 2 N–H and O–H groups in total. The van der Waals surface area contributed by atoms with E-state index in [0.717, 1.165) is 25.8 Å². The fraction of sp³-hybridized carbons (Fsp3) is 0.857. The largest absolute Gasteiger partial charge is 0.481 e. The predicted molar refractivity (Wildman–Crippen MR) is 71.9 cm³/mol. The predicted octanol–water partition coefficient (Wildman–Crippen LogP) is 2.07. The number of carbonyl (C=O) groups is 2. The zero-order valence-electron chi connectivity index (χ0n) is 11.7. The molecule has 0 unspecified atom stereocenters. The van der Waals surface area contributed by atoms with Crippen molar-refractivity contribution in [2.75, 3.05) is 20.1 Å². The van der Waals surface area contributed by atoms with Crippen LogP contribution in [0.25, 0.3) is 0 Å². The summed E-state index contributed by atoms with van der Waals surface area (Å²) in [5.74, 6) is -0.107. The Hall–Kier alpha value is -1.26. The summed E-state index contributed by atoms with van der Waals surface area (Å²) in [6, 6.07) is -0.0661. The van der Waals surface area contributed by atoms with Crippen molar-refractivity contribution in [1.82, 2.24) is 10.2 Å². The number of nitrogens with one attached hydrogen (secondary N) is 1. The summed E-state index contributed by atoms with van der Waals surface area (Å²) < 4.78 is 0. The zero-order valence-corrected chi connectivity index (χ0v) is 11.7. The monoisotopic (exact) mass is 268 g/mol. The molecule has 2 aliphatic rings. The molecule has 0 heterocycles. The molecule has 0 bridgehead atoms. The lowest BCUT2D eigenvalue weighted by Crippen LogP contribution is -2.48. The van der Waals surface area contributed by atoms with E-state index in [0.29, 0.717) is 12.5 Å². The van der Waals surface area contributed by atoms with Crippen molar-refractivity contribution in [3.8, 4) is 0 Å². The third-order valence-electron chi connectivity index (χ3n) is 4.66. The second-order valence-corrected chi connectivity index (χ2v) is 6.26. The van der Waals surface area contributed by atoms with Gasteiger partial charge in [0.15, 0.2) is 0 Å². The van der Waals surface area contributed by atoms with Crippen LogP contribution in [0.2, 0.25) is 0 Å². The highest BCUT2D eigenvalue weighted by Crippen LogP contribution is 2.43. The van der Waals surface area contributed by atoms with E-state index in [-0.39, 0.29) is 17.9 Å². The first-order valence-corrected chi connectivity index (χ1v) is 7.21. The number of carbonyl (C=O) groups excluding carboxylic acids is 1. The summed E-state index contributed by atoms with van der Waals surface area (Å²) in [5.41, 5.74) is -0.196. The average Bonchev–Trinajstić information content (AvgIpc) is 2.25. The first-order valence-electron chi connectivity index (χ1n) is 7.21. The normalized spacial score (nSPS) is 21.1. The number of nitrogens with zero attached hydrogens (tertiary/aromatic N) is 1. The number of urea groups is 1. The smallest absolute Gasteiger partial charge is 0.317 e. The number of carboxylic acid groups (broad SMARTS) is 1. The molecule has 19 heavy (non-hydrogen) atoms. The van der Waals surface area contributed by atoms with Gasteiger partial charge in [0.2, 0.25) is 0 Å². The van der Waals surface area contributed by atoms with Crippen LogP contribution < -0.4 is 5.32 Å². The van der Waals surface area contributed by atoms with Crippen molar-refractivity contribution in [3.05, 3.63) is 0 Å². The van der Waals surface area contributed by atoms with Gasteiger partial charge in [-0.25, -0.2) is 4.79 Å². The van der Waals surface area contributed by atoms with E-state index in [4.69, 9.17) is 5.11 Å². The Kier molecular flexibility index (Phi) is 4.32. The SMILES string of the molecule is CN(CC1CCC1)C(=O)NCC1(CC(=O)O)CCC1. The maximum atomic E-state index is 12.0. The Labute approximate surface area is 114 Å². The van der Waals surface area contributed by atoms with Crippen molar-refractivity contribution < 1.29 is 14.7 Å². The number of amides is 2. The Bertz CT molecular complexity index is 349. The van der Waals surface area contributed by atoms with Crippen LogP contribution in [-0.4, -0.2) is 42.1 Å². The first-order chi connectivity index (χ1) is 9.01. The summed E-state index contributed by atoms with van der Waals surface area (Å²) in [7, 11) is 1.82. The van der Waals surface area contributed by atoms with Crippen LogP contribution in [0.4, 0.5) is 4.79 Å². The van der Waals surface area contributed by atoms with E-state index in [9.17, 15) is 9.59 Å². The van der Waals surface area contributed by atoms with Gasteiger partial charge in [0.25, 0.3) is 0 Å². The van der Waals surface area contributed by atoms with Crippen molar-refractivity contribution in [2.45, 2.75) is 44.9 Å². The van der Waals surface area contributed by atoms with E-state index in [1.54, 1.807) is 4.90 Å². The van der Waals surface area contributed by atoms with Crippen molar-refractivity contribution in [2.24, 2.45) is 11.3 Å². The second kappa shape index (κ2) is 5.80. The van der Waals surface area contributed by atoms with Gasteiger partial charge in [-0.3, -0.25) is 4.79 Å². The summed E-state index contributed by atoms with van der Waals surface area (Å²) in [5, 5.41) is 11.8. The van der Waals surface area contributed by atoms with E-state index in [1.807, 2.05) is 7.05 Å². The Morgan fingerprint density at radius 2 is 2.00 bits per heavy atom. The van der Waals surface area contributed by atoms with Gasteiger partial charge >= 0.3 is 12.0 Å². The van der Waals surface area contributed by atoms with Crippen molar-refractivity contribution >= 4 is 12.0 Å². The van der Waals surface area contributed by atoms with Crippen molar-refractivity contribution in [1.29, 1.82) is 0 Å². The third-order valence-corrected chi connectivity index (χ3v) is 4.66. The lowest BCUT2D eigenvalue weighted by atomic mass is 9.66. The minimum Gasteiger partial charge on any atom is -0.481 e. The Morgan fingerprint density at radius 1 is 1.32 bits per heavy atom. The van der Waals surface area contributed by atoms with Gasteiger partial charge in [0.1, 0.15) is 0 Å². The van der Waals surface area contributed by atoms with Crippen LogP contribution >= 0.6 is 0 Å². The summed E-state index contributed by atoms with van der Waals surface area (Å²) >= 11 is 0. The fourth-order valence-electron chi connectivity index (χ4n) is 2.96. The van der Waals surface area contributed by atoms with Gasteiger partial charge in [0, 0.05) is 20.1 Å². The van der Waals surface area contributed by atoms with Crippen LogP contribution in [0.3, 0.4) is 0 Å². The molecule has 0 spiro atoms. The Balaban J connectivity index is 1.73. The molecule has 2 aliphatic carbocycles. The highest BCUT2D eigenvalue weighted by Gasteiger charge is 2.39. The number of hydrogen-bond acceptors (Lipinski definition) is 2. The highest BCUT2D eigenvalue weighted by molar-refractivity contribution is 5.74. The van der Waals surface area contributed by atoms with Gasteiger partial charge in [-0.15, -0.1) is 0 Å². The quantitative estimate of drug-likeness (QED) is 0.774. The maximum Gasteiger partial charge on any atom is 0.317 e. The van der Waals surface area contributed by atoms with E-state index < -0.39 is 5.97 Å². The van der Waals surface area contributed by atoms with Crippen LogP contribution in [0.15, 0.2) is 0 Å². The van der Waals surface area contributed by atoms with Gasteiger partial charge < -0.3 is 15.3 Å². The molecule has 0 atom stereocenters. The van der Waals surface area contributed by atoms with E-state index >= 15 is 0 Å². The molecule has 0 aromatic heterocycles. The van der Waals surface area contributed by atoms with Crippen LogP contribution in [0.1, 0.15) is 44.9 Å². The molecule has 0 aliphatic heterocycles. The molecule has 2 rings (SSSR count). The lowest BCUT2D eigenvalue weighted by molar-refractivity contribution is -0.141. The molecular weight excluding hydrogens is 244 g/mol. The van der Waals surface area contributed by atoms with E-state index in [1.165, 1.54) is 19.3 Å². The van der Waals surface area contributed by atoms with Crippen LogP contribution in [-0.2, 0) is 4.79 Å². The minimum absolute atomic E-state index is 0.0661. The summed E-state index contributed by atoms with van der Waals surface area (Å²) in [6.45, 7) is 1.31. The molecule has 5 nitrogen and oxygen atoms in total. The second-order valence-electron chi connectivity index (χ2n) is 6.26. The minimum atomic E-state index is -0.767. The average molecular weight is 268 g/mol. The number of hydrogen-bond donors (Lipinski definition) is 2. The topological polar surface area (TPSA) is 69.6 Å². The molecule has 2 amide bonds. The summed E-state index contributed by atoms with van der Waals surface area (Å²) in [6.07, 6.45) is 6.78. The molecule has 5 heteroatoms. The molecule has 0 saturated heterocycles. The summed E-state index contributed by atoms with van der Waals surface area (Å²) in [4.78, 5) is 24.5. The highest BCUT2D eigenvalue weighted by atomic mass is 16.4.